The highest BCUT2D eigenvalue weighted by Crippen LogP contribution is 2.20. The average molecular weight is 446 g/mol. The van der Waals surface area contributed by atoms with E-state index in [1.165, 1.54) is 22.5 Å². The number of halogens is 1. The maximum Gasteiger partial charge on any atom is 0.243 e. The topological polar surface area (TPSA) is 91.8 Å². The number of benzene rings is 2. The van der Waals surface area contributed by atoms with E-state index in [0.717, 1.165) is 22.8 Å². The fourth-order valence-corrected chi connectivity index (χ4v) is 4.48. The van der Waals surface area contributed by atoms with E-state index in [-0.39, 0.29) is 24.7 Å². The van der Waals surface area contributed by atoms with Gasteiger partial charge in [-0.3, -0.25) is 4.98 Å². The van der Waals surface area contributed by atoms with E-state index in [1.54, 1.807) is 18.5 Å². The van der Waals surface area contributed by atoms with E-state index in [1.807, 2.05) is 35.8 Å². The van der Waals surface area contributed by atoms with Crippen molar-refractivity contribution in [2.24, 2.45) is 0 Å². The van der Waals surface area contributed by atoms with Crippen molar-refractivity contribution in [1.29, 1.82) is 0 Å². The van der Waals surface area contributed by atoms with E-state index >= 15 is 0 Å². The Kier molecular flexibility index (Phi) is 8.21. The van der Waals surface area contributed by atoms with Crippen molar-refractivity contribution in [3.05, 3.63) is 95.6 Å². The number of hydrogen-bond acceptors (Lipinski definition) is 6. The summed E-state index contributed by atoms with van der Waals surface area (Å²) in [4.78, 5) is 3.99. The Morgan fingerprint density at radius 3 is 2.48 bits per heavy atom. The lowest BCUT2D eigenvalue weighted by Gasteiger charge is -2.22. The molecule has 0 fully saturated rings. The first-order valence-electron chi connectivity index (χ1n) is 9.66. The quantitative estimate of drug-likeness (QED) is 0.268. The van der Waals surface area contributed by atoms with Crippen LogP contribution in [0.25, 0.3) is 0 Å². The van der Waals surface area contributed by atoms with Gasteiger partial charge in [-0.25, -0.2) is 12.8 Å². The highest BCUT2D eigenvalue weighted by atomic mass is 32.2. The van der Waals surface area contributed by atoms with E-state index < -0.39 is 15.8 Å². The Morgan fingerprint density at radius 2 is 1.81 bits per heavy atom. The van der Waals surface area contributed by atoms with Gasteiger partial charge in [0, 0.05) is 25.5 Å². The molecular weight excluding hydrogens is 421 g/mol. The summed E-state index contributed by atoms with van der Waals surface area (Å²) in [5.41, 5.74) is 4.49. The number of nitrogens with one attached hydrogen (secondary N) is 1. The average Bonchev–Trinajstić information content (AvgIpc) is 2.78. The predicted molar refractivity (Wildman–Crippen MR) is 113 cm³/mol. The van der Waals surface area contributed by atoms with Crippen molar-refractivity contribution in [3.63, 3.8) is 0 Å². The number of hydroxylamine groups is 1. The monoisotopic (exact) mass is 445 g/mol. The Morgan fingerprint density at radius 1 is 1.03 bits per heavy atom. The van der Waals surface area contributed by atoms with Gasteiger partial charge in [0.05, 0.1) is 11.5 Å². The standard InChI is InChI=1S/C22H24FN3O4S/c23-21-4-1-5-22(13-21)31(28,29)26(12-10-18-3-2-11-24-14-18)15-19-6-8-20(9-7-19)16-30-17-25-27/h1-9,11,13-14,25,27H,10,12,15-17H2. The lowest BCUT2D eigenvalue weighted by atomic mass is 10.1. The zero-order chi connectivity index (χ0) is 22.1. The third-order valence-electron chi connectivity index (χ3n) is 4.62. The second-order valence-corrected chi connectivity index (χ2v) is 8.81. The van der Waals surface area contributed by atoms with Crippen molar-refractivity contribution in [1.82, 2.24) is 14.8 Å². The molecule has 0 atom stereocenters. The first-order valence-corrected chi connectivity index (χ1v) is 11.1. The fraction of sp³-hybridized carbons (Fsp3) is 0.227. The van der Waals surface area contributed by atoms with Crippen molar-refractivity contribution >= 4 is 10.0 Å². The number of hydrogen-bond donors (Lipinski definition) is 2. The van der Waals surface area contributed by atoms with Crippen LogP contribution in [0, 0.1) is 5.82 Å². The summed E-state index contributed by atoms with van der Waals surface area (Å²) in [5.74, 6) is -0.602. The maximum atomic E-state index is 13.7. The smallest absolute Gasteiger partial charge is 0.243 e. The molecule has 1 heterocycles. The SMILES string of the molecule is O=S(=O)(c1cccc(F)c1)N(CCc1cccnc1)Cc1ccc(COCNO)cc1. The molecule has 2 N–H and O–H groups in total. The number of pyridine rings is 1. The summed E-state index contributed by atoms with van der Waals surface area (Å²) in [5, 5.41) is 8.54. The number of nitrogens with zero attached hydrogens (tertiary/aromatic N) is 2. The minimum Gasteiger partial charge on any atom is -0.360 e. The molecular formula is C22H24FN3O4S. The first-order chi connectivity index (χ1) is 15.0. The van der Waals surface area contributed by atoms with Gasteiger partial charge in [-0.15, -0.1) is 0 Å². The molecule has 9 heteroatoms. The third-order valence-corrected chi connectivity index (χ3v) is 6.46. The van der Waals surface area contributed by atoms with Gasteiger partial charge in [-0.1, -0.05) is 36.4 Å². The predicted octanol–water partition coefficient (Wildman–Crippen LogP) is 3.11. The molecule has 2 aromatic carbocycles. The summed E-state index contributed by atoms with van der Waals surface area (Å²) in [6, 6.07) is 16.0. The number of rotatable bonds is 11. The van der Waals surface area contributed by atoms with E-state index in [9.17, 15) is 12.8 Å². The van der Waals surface area contributed by atoms with E-state index in [0.29, 0.717) is 13.0 Å². The molecule has 3 rings (SSSR count). The van der Waals surface area contributed by atoms with Crippen LogP contribution in [0.3, 0.4) is 0 Å². The van der Waals surface area contributed by atoms with Gasteiger partial charge in [0.15, 0.2) is 0 Å². The molecule has 7 nitrogen and oxygen atoms in total. The minimum absolute atomic E-state index is 0.00967. The molecule has 0 saturated heterocycles. The van der Waals surface area contributed by atoms with Crippen LogP contribution in [0.4, 0.5) is 4.39 Å². The molecule has 0 bridgehead atoms. The van der Waals surface area contributed by atoms with Crippen LogP contribution in [0.5, 0.6) is 0 Å². The third kappa shape index (κ3) is 6.65. The molecule has 0 aliphatic rings. The molecule has 31 heavy (non-hydrogen) atoms. The van der Waals surface area contributed by atoms with Gasteiger partial charge in [0.2, 0.25) is 10.0 Å². The Hall–Kier alpha value is -2.69. The van der Waals surface area contributed by atoms with E-state index in [2.05, 4.69) is 4.98 Å². The van der Waals surface area contributed by atoms with E-state index in [4.69, 9.17) is 9.94 Å². The van der Waals surface area contributed by atoms with Crippen LogP contribution in [0.15, 0.2) is 78.0 Å². The van der Waals surface area contributed by atoms with Crippen molar-refractivity contribution in [2.75, 3.05) is 13.3 Å². The molecule has 0 radical (unpaired) electrons. The molecule has 0 amide bonds. The maximum absolute atomic E-state index is 13.7. The summed E-state index contributed by atoms with van der Waals surface area (Å²) < 4.78 is 46.7. The van der Waals surface area contributed by atoms with Crippen LogP contribution in [-0.2, 0) is 34.3 Å². The molecule has 0 spiro atoms. The lowest BCUT2D eigenvalue weighted by molar-refractivity contribution is 0.0152. The second kappa shape index (κ2) is 11.1. The minimum atomic E-state index is -3.91. The molecule has 0 aliphatic carbocycles. The molecule has 0 unspecified atom stereocenters. The Balaban J connectivity index is 1.80. The first kappa shape index (κ1) is 23.0. The fourth-order valence-electron chi connectivity index (χ4n) is 3.02. The van der Waals surface area contributed by atoms with Crippen LogP contribution in [0.1, 0.15) is 16.7 Å². The molecule has 3 aromatic rings. The number of aromatic nitrogens is 1. The van der Waals surface area contributed by atoms with Crippen LogP contribution in [0.2, 0.25) is 0 Å². The van der Waals surface area contributed by atoms with Gasteiger partial charge in [-0.05, 0) is 47.4 Å². The van der Waals surface area contributed by atoms with Crippen molar-refractivity contribution < 1.29 is 22.8 Å². The normalized spacial score (nSPS) is 11.7. The van der Waals surface area contributed by atoms with Crippen molar-refractivity contribution in [2.45, 2.75) is 24.5 Å². The van der Waals surface area contributed by atoms with Gasteiger partial charge >= 0.3 is 0 Å². The van der Waals surface area contributed by atoms with Crippen LogP contribution < -0.4 is 5.48 Å². The summed E-state index contributed by atoms with van der Waals surface area (Å²) in [7, 11) is -3.91. The Bertz CT molecular complexity index is 1060. The zero-order valence-electron chi connectivity index (χ0n) is 16.8. The molecule has 0 aliphatic heterocycles. The van der Waals surface area contributed by atoms with Crippen molar-refractivity contribution in [3.8, 4) is 0 Å². The largest absolute Gasteiger partial charge is 0.360 e. The van der Waals surface area contributed by atoms with Gasteiger partial charge in [0.1, 0.15) is 12.5 Å². The molecule has 1 aromatic heterocycles. The second-order valence-electron chi connectivity index (χ2n) is 6.87. The molecule has 0 saturated carbocycles. The summed E-state index contributed by atoms with van der Waals surface area (Å²) >= 11 is 0. The molecule has 164 valence electrons. The summed E-state index contributed by atoms with van der Waals surface area (Å²) in [6.45, 7) is 0.673. The highest BCUT2D eigenvalue weighted by Gasteiger charge is 2.25. The number of ether oxygens (including phenoxy) is 1. The lowest BCUT2D eigenvalue weighted by Crippen LogP contribution is -2.32. The van der Waals surface area contributed by atoms with Gasteiger partial charge in [-0.2, -0.15) is 9.79 Å². The zero-order valence-corrected chi connectivity index (χ0v) is 17.6. The van der Waals surface area contributed by atoms with Gasteiger partial charge < -0.3 is 9.94 Å². The summed E-state index contributed by atoms with van der Waals surface area (Å²) in [6.07, 6.45) is 3.83. The van der Waals surface area contributed by atoms with Crippen LogP contribution in [-0.4, -0.2) is 36.2 Å². The highest BCUT2D eigenvalue weighted by molar-refractivity contribution is 7.89. The van der Waals surface area contributed by atoms with Gasteiger partial charge in [0.25, 0.3) is 0 Å². The number of sulfonamides is 1. The van der Waals surface area contributed by atoms with Crippen LogP contribution >= 0.6 is 0 Å². The Labute approximate surface area is 181 Å².